The van der Waals surface area contributed by atoms with E-state index in [0.29, 0.717) is 12.1 Å². The van der Waals surface area contributed by atoms with E-state index in [2.05, 4.69) is 11.4 Å². The fraction of sp³-hybridized carbons (Fsp3) is 0.933. The number of nitrogens with one attached hydrogen (secondary N) is 1. The van der Waals surface area contributed by atoms with Crippen molar-refractivity contribution in [3.05, 3.63) is 0 Å². The smallest absolute Gasteiger partial charge is 0.104 e. The van der Waals surface area contributed by atoms with Gasteiger partial charge in [-0.1, -0.05) is 0 Å². The van der Waals surface area contributed by atoms with Crippen molar-refractivity contribution < 1.29 is 9.47 Å². The Labute approximate surface area is 116 Å². The molecule has 0 aromatic rings. The van der Waals surface area contributed by atoms with Crippen molar-refractivity contribution in [2.45, 2.75) is 69.6 Å². The molecule has 0 spiro atoms. The van der Waals surface area contributed by atoms with Gasteiger partial charge in [0.2, 0.25) is 0 Å². The van der Waals surface area contributed by atoms with E-state index in [1.54, 1.807) is 0 Å². The lowest BCUT2D eigenvalue weighted by atomic mass is 9.96. The van der Waals surface area contributed by atoms with Crippen LogP contribution in [0.1, 0.15) is 51.9 Å². The quantitative estimate of drug-likeness (QED) is 0.651. The number of hydrogen-bond acceptors (Lipinski definition) is 4. The predicted molar refractivity (Wildman–Crippen MR) is 73.8 cm³/mol. The van der Waals surface area contributed by atoms with Crippen molar-refractivity contribution in [3.8, 4) is 6.07 Å². The molecule has 1 saturated carbocycles. The molecule has 4 heteroatoms. The second kappa shape index (κ2) is 7.23. The van der Waals surface area contributed by atoms with Crippen molar-refractivity contribution in [2.75, 3.05) is 19.8 Å². The summed E-state index contributed by atoms with van der Waals surface area (Å²) in [7, 11) is 0. The fourth-order valence-corrected chi connectivity index (χ4v) is 2.51. The van der Waals surface area contributed by atoms with E-state index >= 15 is 0 Å². The largest absolute Gasteiger partial charge is 0.379 e. The van der Waals surface area contributed by atoms with Gasteiger partial charge in [0, 0.05) is 19.3 Å². The van der Waals surface area contributed by atoms with E-state index in [1.165, 1.54) is 19.3 Å². The summed E-state index contributed by atoms with van der Waals surface area (Å²) in [5, 5.41) is 12.7. The maximum Gasteiger partial charge on any atom is 0.104 e. The Kier molecular flexibility index (Phi) is 5.62. The molecule has 2 fully saturated rings. The molecular formula is C15H26N2O2. The average Bonchev–Trinajstić information content (AvgIpc) is 3.06. The number of unbranched alkanes of at least 4 members (excludes halogenated alkanes) is 1. The van der Waals surface area contributed by atoms with Crippen LogP contribution in [0.5, 0.6) is 0 Å². The van der Waals surface area contributed by atoms with E-state index < -0.39 is 0 Å². The summed E-state index contributed by atoms with van der Waals surface area (Å²) in [5.74, 6) is 0. The normalized spacial score (nSPS) is 26.0. The number of nitrogens with zero attached hydrogens (tertiary/aromatic N) is 1. The number of hydrogen-bond donors (Lipinski definition) is 1. The van der Waals surface area contributed by atoms with Crippen LogP contribution in [-0.4, -0.2) is 37.5 Å². The summed E-state index contributed by atoms with van der Waals surface area (Å²) in [5.41, 5.74) is -0.351. The lowest BCUT2D eigenvalue weighted by Gasteiger charge is -2.23. The van der Waals surface area contributed by atoms with Crippen LogP contribution in [-0.2, 0) is 9.47 Å². The van der Waals surface area contributed by atoms with E-state index in [4.69, 9.17) is 9.47 Å². The number of nitriles is 1. The predicted octanol–water partition coefficient (Wildman–Crippen LogP) is 2.39. The Morgan fingerprint density at radius 2 is 2.21 bits per heavy atom. The second-order valence-corrected chi connectivity index (χ2v) is 6.03. The van der Waals surface area contributed by atoms with Crippen LogP contribution in [0.15, 0.2) is 0 Å². The third-order valence-electron chi connectivity index (χ3n) is 3.89. The van der Waals surface area contributed by atoms with Crippen molar-refractivity contribution in [3.63, 3.8) is 0 Å². The summed E-state index contributed by atoms with van der Waals surface area (Å²) >= 11 is 0. The van der Waals surface area contributed by atoms with Gasteiger partial charge < -0.3 is 9.47 Å². The fourth-order valence-electron chi connectivity index (χ4n) is 2.51. The third-order valence-corrected chi connectivity index (χ3v) is 3.89. The third kappa shape index (κ3) is 5.48. The molecule has 1 heterocycles. The van der Waals surface area contributed by atoms with Gasteiger partial charge in [0.1, 0.15) is 5.54 Å². The van der Waals surface area contributed by atoms with Crippen molar-refractivity contribution in [1.29, 1.82) is 5.26 Å². The van der Waals surface area contributed by atoms with Crippen LogP contribution in [0, 0.1) is 11.3 Å². The van der Waals surface area contributed by atoms with Gasteiger partial charge in [-0.2, -0.15) is 5.26 Å². The minimum absolute atomic E-state index is 0.320. The Balaban J connectivity index is 1.49. The molecule has 108 valence electrons. The molecule has 2 atom stereocenters. The minimum Gasteiger partial charge on any atom is -0.379 e. The highest BCUT2D eigenvalue weighted by molar-refractivity contribution is 5.06. The summed E-state index contributed by atoms with van der Waals surface area (Å²) in [6.07, 6.45) is 8.04. The Hall–Kier alpha value is -0.630. The van der Waals surface area contributed by atoms with Crippen LogP contribution < -0.4 is 5.32 Å². The molecule has 1 aliphatic heterocycles. The highest BCUT2D eigenvalue weighted by Gasteiger charge is 2.31. The van der Waals surface area contributed by atoms with E-state index in [1.807, 2.05) is 6.92 Å². The summed E-state index contributed by atoms with van der Waals surface area (Å²) in [6, 6.07) is 3.00. The van der Waals surface area contributed by atoms with Gasteiger partial charge in [0.15, 0.2) is 0 Å². The zero-order valence-corrected chi connectivity index (χ0v) is 12.0. The van der Waals surface area contributed by atoms with Crippen molar-refractivity contribution in [1.82, 2.24) is 5.32 Å². The minimum atomic E-state index is -0.351. The summed E-state index contributed by atoms with van der Waals surface area (Å²) in [6.45, 7) is 4.42. The van der Waals surface area contributed by atoms with Crippen LogP contribution in [0.4, 0.5) is 0 Å². The lowest BCUT2D eigenvalue weighted by molar-refractivity contribution is 0.0159. The molecule has 2 aliphatic rings. The molecule has 2 unspecified atom stereocenters. The molecule has 1 N–H and O–H groups in total. The molecule has 2 rings (SSSR count). The molecule has 1 saturated heterocycles. The molecule has 0 bridgehead atoms. The van der Waals surface area contributed by atoms with E-state index in [-0.39, 0.29) is 5.54 Å². The topological polar surface area (TPSA) is 54.3 Å². The molecule has 0 amide bonds. The Bertz CT molecular complexity index is 306. The molecule has 0 radical (unpaired) electrons. The highest BCUT2D eigenvalue weighted by atomic mass is 16.5. The van der Waals surface area contributed by atoms with Crippen LogP contribution in [0.2, 0.25) is 0 Å². The van der Waals surface area contributed by atoms with Gasteiger partial charge in [0.25, 0.3) is 0 Å². The zero-order chi connectivity index (χ0) is 13.6. The van der Waals surface area contributed by atoms with E-state index in [0.717, 1.165) is 45.5 Å². The summed E-state index contributed by atoms with van der Waals surface area (Å²) < 4.78 is 11.1. The first-order chi connectivity index (χ1) is 9.22. The number of ether oxygens (including phenoxy) is 2. The average molecular weight is 266 g/mol. The molecule has 0 aromatic carbocycles. The molecule has 19 heavy (non-hydrogen) atoms. The molecular weight excluding hydrogens is 240 g/mol. The standard InChI is InChI=1S/C15H26N2O2/c1-15(12-16,17-13-6-7-13)8-2-3-9-18-11-14-5-4-10-19-14/h13-14,17H,2-11H2,1H3. The zero-order valence-electron chi connectivity index (χ0n) is 12.0. The van der Waals surface area contributed by atoms with Crippen LogP contribution in [0.25, 0.3) is 0 Å². The number of rotatable bonds is 9. The van der Waals surface area contributed by atoms with Gasteiger partial charge in [-0.25, -0.2) is 0 Å². The Morgan fingerprint density at radius 1 is 1.37 bits per heavy atom. The van der Waals surface area contributed by atoms with Gasteiger partial charge in [0.05, 0.1) is 18.8 Å². The van der Waals surface area contributed by atoms with Gasteiger partial charge in [-0.05, 0) is 51.9 Å². The maximum atomic E-state index is 9.25. The van der Waals surface area contributed by atoms with Crippen LogP contribution in [0.3, 0.4) is 0 Å². The molecule has 4 nitrogen and oxygen atoms in total. The first-order valence-electron chi connectivity index (χ1n) is 7.60. The monoisotopic (exact) mass is 266 g/mol. The second-order valence-electron chi connectivity index (χ2n) is 6.03. The lowest BCUT2D eigenvalue weighted by Crippen LogP contribution is -2.42. The highest BCUT2D eigenvalue weighted by Crippen LogP contribution is 2.24. The Morgan fingerprint density at radius 3 is 2.84 bits per heavy atom. The first-order valence-corrected chi connectivity index (χ1v) is 7.60. The van der Waals surface area contributed by atoms with E-state index in [9.17, 15) is 5.26 Å². The van der Waals surface area contributed by atoms with Crippen molar-refractivity contribution >= 4 is 0 Å². The maximum absolute atomic E-state index is 9.25. The van der Waals surface area contributed by atoms with Gasteiger partial charge in [-0.3, -0.25) is 5.32 Å². The van der Waals surface area contributed by atoms with Crippen molar-refractivity contribution in [2.24, 2.45) is 0 Å². The van der Waals surface area contributed by atoms with Crippen LogP contribution >= 0.6 is 0 Å². The van der Waals surface area contributed by atoms with Gasteiger partial charge >= 0.3 is 0 Å². The molecule has 0 aromatic heterocycles. The summed E-state index contributed by atoms with van der Waals surface area (Å²) in [4.78, 5) is 0. The first kappa shape index (κ1) is 14.8. The molecule has 1 aliphatic carbocycles. The SMILES string of the molecule is CC(C#N)(CCCCOCC1CCCO1)NC1CC1. The van der Waals surface area contributed by atoms with Gasteiger partial charge in [-0.15, -0.1) is 0 Å².